The average Bonchev–Trinajstić information content (AvgIpc) is 2.82. The molecule has 0 aliphatic heterocycles. The van der Waals surface area contributed by atoms with Gasteiger partial charge in [-0.3, -0.25) is 9.59 Å². The van der Waals surface area contributed by atoms with Gasteiger partial charge in [0.05, 0.1) is 11.5 Å². The number of sulfone groups is 1. The van der Waals surface area contributed by atoms with Crippen molar-refractivity contribution in [2.75, 3.05) is 18.6 Å². The molecule has 1 aromatic heterocycles. The number of pyridine rings is 1. The number of amides is 1. The smallest absolute Gasteiger partial charge is 0.251 e. The van der Waals surface area contributed by atoms with E-state index in [0.717, 1.165) is 22.9 Å². The van der Waals surface area contributed by atoms with Crippen LogP contribution in [0.4, 0.5) is 0 Å². The molecule has 1 atom stereocenters. The minimum Gasteiger partial charge on any atom is -0.411 e. The van der Waals surface area contributed by atoms with Gasteiger partial charge in [0.25, 0.3) is 5.91 Å². The fourth-order valence-corrected chi connectivity index (χ4v) is 4.63. The highest BCUT2D eigenvalue weighted by Crippen LogP contribution is 2.33. The van der Waals surface area contributed by atoms with Crippen molar-refractivity contribution in [1.29, 1.82) is 0 Å². The molecular formula is C26H28ClN3O5S. The summed E-state index contributed by atoms with van der Waals surface area (Å²) in [5, 5.41) is 16.6. The van der Waals surface area contributed by atoms with Crippen LogP contribution in [-0.4, -0.2) is 48.4 Å². The molecule has 0 aliphatic rings. The summed E-state index contributed by atoms with van der Waals surface area (Å²) in [4.78, 5) is 24.3. The molecule has 0 saturated carbocycles. The first-order valence-corrected chi connectivity index (χ1v) is 13.6. The number of carbonyl (C=O) groups excluding carboxylic acids is 1. The second-order valence-electron chi connectivity index (χ2n) is 8.68. The highest BCUT2D eigenvalue weighted by Gasteiger charge is 2.21. The average molecular weight is 530 g/mol. The van der Waals surface area contributed by atoms with Crippen molar-refractivity contribution in [2.24, 2.45) is 12.2 Å². The number of aromatic nitrogens is 1. The van der Waals surface area contributed by atoms with Crippen molar-refractivity contribution in [3.63, 3.8) is 0 Å². The highest BCUT2D eigenvalue weighted by atomic mass is 35.5. The summed E-state index contributed by atoms with van der Waals surface area (Å²) in [5.41, 5.74) is 4.02. The van der Waals surface area contributed by atoms with E-state index < -0.39 is 9.84 Å². The topological polar surface area (TPSA) is 118 Å². The van der Waals surface area contributed by atoms with Crippen LogP contribution in [0.25, 0.3) is 0 Å². The number of oxime groups is 1. The zero-order valence-electron chi connectivity index (χ0n) is 20.2. The van der Waals surface area contributed by atoms with Crippen molar-refractivity contribution in [2.45, 2.75) is 19.3 Å². The van der Waals surface area contributed by atoms with Crippen molar-refractivity contribution in [1.82, 2.24) is 9.88 Å². The fourth-order valence-electron chi connectivity index (χ4n) is 3.93. The Balaban J connectivity index is 1.93. The number of benzene rings is 2. The van der Waals surface area contributed by atoms with Crippen LogP contribution in [0.2, 0.25) is 5.02 Å². The fraction of sp³-hybridized carbons (Fsp3) is 0.269. The van der Waals surface area contributed by atoms with Crippen LogP contribution in [0.3, 0.4) is 0 Å². The molecule has 190 valence electrons. The molecule has 1 unspecified atom stereocenters. The lowest BCUT2D eigenvalue weighted by Crippen LogP contribution is -2.28. The lowest BCUT2D eigenvalue weighted by atomic mass is 9.83. The third-order valence-electron chi connectivity index (χ3n) is 5.88. The molecule has 1 heterocycles. The van der Waals surface area contributed by atoms with E-state index in [-0.39, 0.29) is 29.7 Å². The number of hydrogen-bond acceptors (Lipinski definition) is 6. The predicted molar refractivity (Wildman–Crippen MR) is 141 cm³/mol. The Kier molecular flexibility index (Phi) is 8.70. The van der Waals surface area contributed by atoms with Gasteiger partial charge in [0, 0.05) is 60.6 Å². The summed E-state index contributed by atoms with van der Waals surface area (Å²) in [6.07, 6.45) is 3.05. The maximum Gasteiger partial charge on any atom is 0.251 e. The van der Waals surface area contributed by atoms with Gasteiger partial charge in [0.2, 0.25) is 5.56 Å². The Morgan fingerprint density at radius 1 is 1.11 bits per heavy atom. The molecular weight excluding hydrogens is 502 g/mol. The zero-order chi connectivity index (χ0) is 26.5. The molecule has 36 heavy (non-hydrogen) atoms. The summed E-state index contributed by atoms with van der Waals surface area (Å²) in [7, 11) is -1.55. The van der Waals surface area contributed by atoms with Crippen LogP contribution in [0.1, 0.15) is 45.0 Å². The number of halogens is 1. The monoisotopic (exact) mass is 529 g/mol. The standard InChI is InChI=1S/C26H28ClN3O5S/c1-17-14-21(27)9-10-22(17)23(15-24(29-33)20-8-11-25(31)30(2)16-20)18-4-6-19(7-5-18)26(32)28-12-13-36(3,34)35/h4-11,14,16,23,33H,12-13,15H2,1-3H3,(H,28,32)/b29-24+. The Bertz CT molecular complexity index is 1450. The molecule has 3 rings (SSSR count). The first-order valence-electron chi connectivity index (χ1n) is 11.2. The van der Waals surface area contributed by atoms with E-state index >= 15 is 0 Å². The zero-order valence-corrected chi connectivity index (χ0v) is 21.8. The second kappa shape index (κ2) is 11.5. The molecule has 10 heteroatoms. The molecule has 0 bridgehead atoms. The van der Waals surface area contributed by atoms with Crippen LogP contribution >= 0.6 is 11.6 Å². The SMILES string of the molecule is Cc1cc(Cl)ccc1C(C/C(=N\O)c1ccc(=O)n(C)c1)c1ccc(C(=O)NCCS(C)(=O)=O)cc1. The molecule has 1 amide bonds. The van der Waals surface area contributed by atoms with E-state index in [0.29, 0.717) is 28.3 Å². The van der Waals surface area contributed by atoms with E-state index in [4.69, 9.17) is 11.6 Å². The third kappa shape index (κ3) is 7.05. The Morgan fingerprint density at radius 3 is 2.36 bits per heavy atom. The number of aryl methyl sites for hydroxylation is 2. The van der Waals surface area contributed by atoms with Gasteiger partial charge in [-0.25, -0.2) is 8.42 Å². The minimum absolute atomic E-state index is 0.0297. The number of hydrogen-bond donors (Lipinski definition) is 2. The molecule has 0 radical (unpaired) electrons. The first-order chi connectivity index (χ1) is 17.0. The largest absolute Gasteiger partial charge is 0.411 e. The summed E-state index contributed by atoms with van der Waals surface area (Å²) < 4.78 is 24.0. The minimum atomic E-state index is -3.17. The Hall–Kier alpha value is -3.43. The van der Waals surface area contributed by atoms with E-state index in [1.165, 1.54) is 10.6 Å². The van der Waals surface area contributed by atoms with Gasteiger partial charge in [-0.15, -0.1) is 0 Å². The molecule has 0 saturated heterocycles. The molecule has 2 aromatic carbocycles. The van der Waals surface area contributed by atoms with Crippen molar-refractivity contribution < 1.29 is 18.4 Å². The number of nitrogens with zero attached hydrogens (tertiary/aromatic N) is 2. The summed E-state index contributed by atoms with van der Waals surface area (Å²) in [6, 6.07) is 15.6. The van der Waals surface area contributed by atoms with Crippen LogP contribution in [-0.2, 0) is 16.9 Å². The van der Waals surface area contributed by atoms with Gasteiger partial charge in [0.1, 0.15) is 9.84 Å². The molecule has 0 spiro atoms. The van der Waals surface area contributed by atoms with Gasteiger partial charge in [-0.2, -0.15) is 0 Å². The van der Waals surface area contributed by atoms with E-state index in [1.54, 1.807) is 37.5 Å². The highest BCUT2D eigenvalue weighted by molar-refractivity contribution is 7.90. The van der Waals surface area contributed by atoms with Gasteiger partial charge in [-0.05, 0) is 53.9 Å². The molecule has 2 N–H and O–H groups in total. The van der Waals surface area contributed by atoms with Gasteiger partial charge < -0.3 is 15.1 Å². The maximum atomic E-state index is 12.4. The van der Waals surface area contributed by atoms with Crippen LogP contribution in [0, 0.1) is 6.92 Å². The third-order valence-corrected chi connectivity index (χ3v) is 7.06. The number of rotatable bonds is 9. The van der Waals surface area contributed by atoms with Gasteiger partial charge in [-0.1, -0.05) is 35.0 Å². The van der Waals surface area contributed by atoms with Crippen molar-refractivity contribution in [3.8, 4) is 0 Å². The number of nitrogens with one attached hydrogen (secondary N) is 1. The summed E-state index contributed by atoms with van der Waals surface area (Å²) >= 11 is 6.18. The number of carbonyl (C=O) groups is 1. The van der Waals surface area contributed by atoms with Crippen LogP contribution < -0.4 is 10.9 Å². The van der Waals surface area contributed by atoms with E-state index in [9.17, 15) is 23.2 Å². The van der Waals surface area contributed by atoms with Crippen molar-refractivity contribution in [3.05, 3.63) is 104 Å². The second-order valence-corrected chi connectivity index (χ2v) is 11.4. The lowest BCUT2D eigenvalue weighted by molar-refractivity contribution is 0.0956. The van der Waals surface area contributed by atoms with E-state index in [1.807, 2.05) is 31.2 Å². The lowest BCUT2D eigenvalue weighted by Gasteiger charge is -2.21. The Labute approximate surface area is 215 Å². The molecule has 0 aliphatic carbocycles. The first kappa shape index (κ1) is 27.2. The molecule has 3 aromatic rings. The normalized spacial score (nSPS) is 12.8. The maximum absolute atomic E-state index is 12.4. The van der Waals surface area contributed by atoms with Crippen molar-refractivity contribution >= 4 is 33.1 Å². The van der Waals surface area contributed by atoms with Crippen LogP contribution in [0.15, 0.2) is 70.7 Å². The molecule has 0 fully saturated rings. The van der Waals surface area contributed by atoms with Gasteiger partial charge >= 0.3 is 0 Å². The quantitative estimate of drug-likeness (QED) is 0.250. The Morgan fingerprint density at radius 2 is 1.78 bits per heavy atom. The molecule has 8 nitrogen and oxygen atoms in total. The van der Waals surface area contributed by atoms with Gasteiger partial charge in [0.15, 0.2) is 0 Å². The summed E-state index contributed by atoms with van der Waals surface area (Å²) in [5.74, 6) is -0.747. The predicted octanol–water partition coefficient (Wildman–Crippen LogP) is 3.52. The van der Waals surface area contributed by atoms with Crippen LogP contribution in [0.5, 0.6) is 0 Å². The summed E-state index contributed by atoms with van der Waals surface area (Å²) in [6.45, 7) is 1.97. The van der Waals surface area contributed by atoms with E-state index in [2.05, 4.69) is 10.5 Å².